The van der Waals surface area contributed by atoms with E-state index in [1.807, 2.05) is 0 Å². The van der Waals surface area contributed by atoms with Crippen LogP contribution < -0.4 is 5.32 Å². The summed E-state index contributed by atoms with van der Waals surface area (Å²) in [6.45, 7) is 8.57. The largest absolute Gasteiger partial charge is 0.382 e. The van der Waals surface area contributed by atoms with Crippen LogP contribution in [0.15, 0.2) is 0 Å². The fourth-order valence-electron chi connectivity index (χ4n) is 0.793. The molecule has 0 spiro atoms. The molecule has 0 aromatic heterocycles. The van der Waals surface area contributed by atoms with Gasteiger partial charge in [0.15, 0.2) is 0 Å². The molecule has 0 aromatic carbocycles. The van der Waals surface area contributed by atoms with Crippen molar-refractivity contribution in [2.75, 3.05) is 26.9 Å². The van der Waals surface area contributed by atoms with Crippen molar-refractivity contribution < 1.29 is 9.47 Å². The first kappa shape index (κ1) is 11.9. The average Bonchev–Trinajstić information content (AvgIpc) is 2.01. The SMILES string of the molecule is COCCOC(C)CNC(C)C. The van der Waals surface area contributed by atoms with E-state index >= 15 is 0 Å². The molecule has 0 saturated carbocycles. The lowest BCUT2D eigenvalue weighted by atomic mass is 10.3. The van der Waals surface area contributed by atoms with Gasteiger partial charge >= 0.3 is 0 Å². The van der Waals surface area contributed by atoms with Crippen molar-refractivity contribution in [1.29, 1.82) is 0 Å². The third-order valence-electron chi connectivity index (χ3n) is 1.50. The fraction of sp³-hybridized carbons (Fsp3) is 1.00. The Kier molecular flexibility index (Phi) is 7.45. The van der Waals surface area contributed by atoms with Gasteiger partial charge in [0.05, 0.1) is 19.3 Å². The number of rotatable bonds is 7. The summed E-state index contributed by atoms with van der Waals surface area (Å²) in [7, 11) is 1.68. The number of hydrogen-bond acceptors (Lipinski definition) is 3. The van der Waals surface area contributed by atoms with E-state index in [-0.39, 0.29) is 6.10 Å². The van der Waals surface area contributed by atoms with Crippen LogP contribution in [0.5, 0.6) is 0 Å². The minimum absolute atomic E-state index is 0.266. The summed E-state index contributed by atoms with van der Waals surface area (Å²) >= 11 is 0. The Morgan fingerprint density at radius 3 is 2.33 bits per heavy atom. The van der Waals surface area contributed by atoms with Crippen LogP contribution in [-0.4, -0.2) is 39.0 Å². The predicted octanol–water partition coefficient (Wildman–Crippen LogP) is 1.04. The molecule has 12 heavy (non-hydrogen) atoms. The smallest absolute Gasteiger partial charge is 0.0704 e. The third kappa shape index (κ3) is 7.98. The van der Waals surface area contributed by atoms with Crippen LogP contribution in [0.1, 0.15) is 20.8 Å². The minimum Gasteiger partial charge on any atom is -0.382 e. The molecule has 0 heterocycles. The third-order valence-corrected chi connectivity index (χ3v) is 1.50. The molecule has 0 aliphatic heterocycles. The van der Waals surface area contributed by atoms with Gasteiger partial charge in [0, 0.05) is 19.7 Å². The summed E-state index contributed by atoms with van der Waals surface area (Å²) in [6, 6.07) is 0.526. The molecule has 0 rings (SSSR count). The molecule has 3 nitrogen and oxygen atoms in total. The van der Waals surface area contributed by atoms with E-state index in [0.717, 1.165) is 6.54 Å². The second kappa shape index (κ2) is 7.53. The summed E-state index contributed by atoms with van der Waals surface area (Å²) in [5.41, 5.74) is 0. The van der Waals surface area contributed by atoms with Crippen molar-refractivity contribution in [3.05, 3.63) is 0 Å². The van der Waals surface area contributed by atoms with Crippen molar-refractivity contribution >= 4 is 0 Å². The molecule has 0 aliphatic carbocycles. The highest BCUT2D eigenvalue weighted by molar-refractivity contribution is 4.58. The van der Waals surface area contributed by atoms with Crippen molar-refractivity contribution in [3.8, 4) is 0 Å². The van der Waals surface area contributed by atoms with Crippen LogP contribution >= 0.6 is 0 Å². The molecule has 1 atom stereocenters. The zero-order chi connectivity index (χ0) is 9.40. The van der Waals surface area contributed by atoms with Gasteiger partial charge in [-0.25, -0.2) is 0 Å². The van der Waals surface area contributed by atoms with Gasteiger partial charge in [-0.05, 0) is 6.92 Å². The van der Waals surface area contributed by atoms with Gasteiger partial charge in [-0.3, -0.25) is 0 Å². The number of hydrogen-bond donors (Lipinski definition) is 1. The molecule has 3 heteroatoms. The molecule has 0 radical (unpaired) electrons. The maximum atomic E-state index is 5.45. The van der Waals surface area contributed by atoms with Crippen LogP contribution in [0.4, 0.5) is 0 Å². The van der Waals surface area contributed by atoms with Crippen LogP contribution in [0, 0.1) is 0 Å². The summed E-state index contributed by atoms with van der Waals surface area (Å²) in [5.74, 6) is 0. The first-order valence-corrected chi connectivity index (χ1v) is 4.50. The Morgan fingerprint density at radius 2 is 1.83 bits per heavy atom. The van der Waals surface area contributed by atoms with Gasteiger partial charge in [0.25, 0.3) is 0 Å². The predicted molar refractivity (Wildman–Crippen MR) is 50.4 cm³/mol. The summed E-state index contributed by atoms with van der Waals surface area (Å²) in [6.07, 6.45) is 0.266. The van der Waals surface area contributed by atoms with Crippen molar-refractivity contribution in [1.82, 2.24) is 5.32 Å². The summed E-state index contributed by atoms with van der Waals surface area (Å²) in [5, 5.41) is 3.31. The zero-order valence-corrected chi connectivity index (χ0v) is 8.59. The van der Waals surface area contributed by atoms with Gasteiger partial charge in [-0.15, -0.1) is 0 Å². The van der Waals surface area contributed by atoms with Crippen molar-refractivity contribution in [2.24, 2.45) is 0 Å². The lowest BCUT2D eigenvalue weighted by Gasteiger charge is -2.15. The molecule has 0 aromatic rings. The van der Waals surface area contributed by atoms with E-state index in [1.54, 1.807) is 7.11 Å². The molecule has 1 N–H and O–H groups in total. The van der Waals surface area contributed by atoms with E-state index in [9.17, 15) is 0 Å². The van der Waals surface area contributed by atoms with Crippen molar-refractivity contribution in [3.63, 3.8) is 0 Å². The second-order valence-electron chi connectivity index (χ2n) is 3.24. The van der Waals surface area contributed by atoms with E-state index in [4.69, 9.17) is 9.47 Å². The molecule has 0 fully saturated rings. The number of nitrogens with one attached hydrogen (secondary N) is 1. The summed E-state index contributed by atoms with van der Waals surface area (Å²) < 4.78 is 10.3. The highest BCUT2D eigenvalue weighted by atomic mass is 16.5. The van der Waals surface area contributed by atoms with Crippen LogP contribution in [0.25, 0.3) is 0 Å². The number of methoxy groups -OCH3 is 1. The maximum Gasteiger partial charge on any atom is 0.0704 e. The Balaban J connectivity index is 3.15. The van der Waals surface area contributed by atoms with Crippen molar-refractivity contribution in [2.45, 2.75) is 32.9 Å². The van der Waals surface area contributed by atoms with E-state index in [0.29, 0.717) is 19.3 Å². The quantitative estimate of drug-likeness (QED) is 0.586. The topological polar surface area (TPSA) is 30.5 Å². The first-order chi connectivity index (χ1) is 5.66. The Labute approximate surface area is 75.4 Å². The fourth-order valence-corrected chi connectivity index (χ4v) is 0.793. The highest BCUT2D eigenvalue weighted by Crippen LogP contribution is 1.89. The Morgan fingerprint density at radius 1 is 1.17 bits per heavy atom. The van der Waals surface area contributed by atoms with Crippen LogP contribution in [-0.2, 0) is 9.47 Å². The molecule has 0 bridgehead atoms. The van der Waals surface area contributed by atoms with Gasteiger partial charge < -0.3 is 14.8 Å². The number of ether oxygens (including phenoxy) is 2. The van der Waals surface area contributed by atoms with Gasteiger partial charge in [-0.1, -0.05) is 13.8 Å². The molecule has 0 amide bonds. The molecule has 74 valence electrons. The monoisotopic (exact) mass is 175 g/mol. The average molecular weight is 175 g/mol. The van der Waals surface area contributed by atoms with Crippen LogP contribution in [0.3, 0.4) is 0 Å². The zero-order valence-electron chi connectivity index (χ0n) is 8.59. The second-order valence-corrected chi connectivity index (χ2v) is 3.24. The standard InChI is InChI=1S/C9H21NO2/c1-8(2)10-7-9(3)12-6-5-11-4/h8-10H,5-7H2,1-4H3. The van der Waals surface area contributed by atoms with E-state index in [2.05, 4.69) is 26.1 Å². The van der Waals surface area contributed by atoms with E-state index in [1.165, 1.54) is 0 Å². The maximum absolute atomic E-state index is 5.45. The molecule has 0 aliphatic rings. The molecule has 1 unspecified atom stereocenters. The molecular weight excluding hydrogens is 154 g/mol. The highest BCUT2D eigenvalue weighted by Gasteiger charge is 2.01. The Hall–Kier alpha value is -0.120. The van der Waals surface area contributed by atoms with E-state index < -0.39 is 0 Å². The molecular formula is C9H21NO2. The Bertz CT molecular complexity index is 96.5. The van der Waals surface area contributed by atoms with Gasteiger partial charge in [0.1, 0.15) is 0 Å². The molecule has 0 saturated heterocycles. The van der Waals surface area contributed by atoms with Gasteiger partial charge in [-0.2, -0.15) is 0 Å². The lowest BCUT2D eigenvalue weighted by Crippen LogP contribution is -2.32. The lowest BCUT2D eigenvalue weighted by molar-refractivity contribution is 0.0260. The normalized spacial score (nSPS) is 13.8. The van der Waals surface area contributed by atoms with Gasteiger partial charge in [0.2, 0.25) is 0 Å². The van der Waals surface area contributed by atoms with Crippen LogP contribution in [0.2, 0.25) is 0 Å². The minimum atomic E-state index is 0.266. The summed E-state index contributed by atoms with van der Waals surface area (Å²) in [4.78, 5) is 0. The first-order valence-electron chi connectivity index (χ1n) is 4.50.